The summed E-state index contributed by atoms with van der Waals surface area (Å²) in [5, 5.41) is 0. The molecule has 0 aliphatic rings. The summed E-state index contributed by atoms with van der Waals surface area (Å²) in [6.45, 7) is 0. The van der Waals surface area contributed by atoms with Gasteiger partial charge in [-0.3, -0.25) is 0 Å². The number of halogens is 2. The van der Waals surface area contributed by atoms with E-state index < -0.39 is 0 Å². The highest BCUT2D eigenvalue weighted by atomic mass is 19.1. The summed E-state index contributed by atoms with van der Waals surface area (Å²) in [7, 11) is 1.48. The normalized spacial score (nSPS) is 10.2. The van der Waals surface area contributed by atoms with Gasteiger partial charge < -0.3 is 4.74 Å². The Morgan fingerprint density at radius 3 is 2.19 bits per heavy atom. The number of benzene rings is 2. The molecule has 0 saturated heterocycles. The SMILES string of the molecule is COc1ccc(-c2ccc(F)cc2)c(F)c1. The van der Waals surface area contributed by atoms with Crippen LogP contribution in [0.15, 0.2) is 42.5 Å². The molecule has 2 aromatic carbocycles. The molecule has 0 N–H and O–H groups in total. The van der Waals surface area contributed by atoms with Gasteiger partial charge in [-0.1, -0.05) is 12.1 Å². The van der Waals surface area contributed by atoms with Crippen LogP contribution < -0.4 is 4.74 Å². The van der Waals surface area contributed by atoms with E-state index in [4.69, 9.17) is 4.74 Å². The van der Waals surface area contributed by atoms with Gasteiger partial charge in [-0.2, -0.15) is 0 Å². The Labute approximate surface area is 92.3 Å². The monoisotopic (exact) mass is 220 g/mol. The van der Waals surface area contributed by atoms with E-state index in [1.54, 1.807) is 24.3 Å². The molecule has 0 fully saturated rings. The van der Waals surface area contributed by atoms with Gasteiger partial charge in [-0.25, -0.2) is 8.78 Å². The standard InChI is InChI=1S/C13H10F2O/c1-16-11-6-7-12(13(15)8-11)9-2-4-10(14)5-3-9/h2-8H,1H3. The van der Waals surface area contributed by atoms with E-state index in [9.17, 15) is 8.78 Å². The van der Waals surface area contributed by atoms with Crippen LogP contribution in [0.3, 0.4) is 0 Å². The van der Waals surface area contributed by atoms with Crippen molar-refractivity contribution in [3.63, 3.8) is 0 Å². The number of hydrogen-bond donors (Lipinski definition) is 0. The zero-order valence-electron chi connectivity index (χ0n) is 8.71. The maximum absolute atomic E-state index is 13.6. The van der Waals surface area contributed by atoms with Crippen molar-refractivity contribution in [2.45, 2.75) is 0 Å². The molecule has 0 aromatic heterocycles. The lowest BCUT2D eigenvalue weighted by atomic mass is 10.1. The van der Waals surface area contributed by atoms with E-state index in [-0.39, 0.29) is 11.6 Å². The van der Waals surface area contributed by atoms with Gasteiger partial charge in [0.1, 0.15) is 17.4 Å². The molecule has 0 heterocycles. The van der Waals surface area contributed by atoms with E-state index >= 15 is 0 Å². The quantitative estimate of drug-likeness (QED) is 0.750. The molecule has 0 atom stereocenters. The van der Waals surface area contributed by atoms with Crippen molar-refractivity contribution in [2.24, 2.45) is 0 Å². The van der Waals surface area contributed by atoms with Gasteiger partial charge in [0.2, 0.25) is 0 Å². The average Bonchev–Trinajstić information content (AvgIpc) is 2.30. The van der Waals surface area contributed by atoms with Crippen LogP contribution in [0.25, 0.3) is 11.1 Å². The van der Waals surface area contributed by atoms with E-state index in [0.717, 1.165) is 0 Å². The van der Waals surface area contributed by atoms with Crippen LogP contribution >= 0.6 is 0 Å². The molecule has 1 nitrogen and oxygen atoms in total. The van der Waals surface area contributed by atoms with Crippen LogP contribution in [0.5, 0.6) is 5.75 Å². The molecular weight excluding hydrogens is 210 g/mol. The maximum atomic E-state index is 13.6. The minimum absolute atomic E-state index is 0.335. The summed E-state index contributed by atoms with van der Waals surface area (Å²) >= 11 is 0. The Morgan fingerprint density at radius 1 is 0.938 bits per heavy atom. The van der Waals surface area contributed by atoms with Crippen LogP contribution in [0.1, 0.15) is 0 Å². The summed E-state index contributed by atoms with van der Waals surface area (Å²) in [5.41, 5.74) is 1.07. The second-order valence-corrected chi connectivity index (χ2v) is 3.35. The van der Waals surface area contributed by atoms with E-state index in [0.29, 0.717) is 16.9 Å². The van der Waals surface area contributed by atoms with Crippen molar-refractivity contribution in [1.82, 2.24) is 0 Å². The van der Waals surface area contributed by atoms with Gasteiger partial charge in [-0.05, 0) is 29.8 Å². The van der Waals surface area contributed by atoms with Gasteiger partial charge in [0, 0.05) is 11.6 Å². The second-order valence-electron chi connectivity index (χ2n) is 3.35. The van der Waals surface area contributed by atoms with Crippen LogP contribution in [0, 0.1) is 11.6 Å². The molecule has 0 aliphatic heterocycles. The first-order valence-electron chi connectivity index (χ1n) is 4.80. The lowest BCUT2D eigenvalue weighted by Gasteiger charge is -2.05. The fraction of sp³-hybridized carbons (Fsp3) is 0.0769. The minimum atomic E-state index is -0.383. The molecule has 0 aliphatic carbocycles. The summed E-state index contributed by atoms with van der Waals surface area (Å²) in [5.74, 6) is -0.257. The van der Waals surface area contributed by atoms with Crippen molar-refractivity contribution < 1.29 is 13.5 Å². The average molecular weight is 220 g/mol. The van der Waals surface area contributed by atoms with Crippen molar-refractivity contribution in [2.75, 3.05) is 7.11 Å². The van der Waals surface area contributed by atoms with E-state index in [1.165, 1.54) is 25.3 Å². The molecule has 2 aromatic rings. The molecule has 0 amide bonds. The lowest BCUT2D eigenvalue weighted by molar-refractivity contribution is 0.411. The van der Waals surface area contributed by atoms with Crippen molar-refractivity contribution >= 4 is 0 Å². The Bertz CT molecular complexity index is 492. The first-order valence-corrected chi connectivity index (χ1v) is 4.80. The van der Waals surface area contributed by atoms with Gasteiger partial charge in [0.25, 0.3) is 0 Å². The zero-order valence-corrected chi connectivity index (χ0v) is 8.71. The Kier molecular flexibility index (Phi) is 2.86. The second kappa shape index (κ2) is 4.31. The van der Waals surface area contributed by atoms with Gasteiger partial charge in [-0.15, -0.1) is 0 Å². The van der Waals surface area contributed by atoms with Gasteiger partial charge in [0.15, 0.2) is 0 Å². The largest absolute Gasteiger partial charge is 0.497 e. The molecule has 16 heavy (non-hydrogen) atoms. The number of rotatable bonds is 2. The molecule has 0 spiro atoms. The highest BCUT2D eigenvalue weighted by Crippen LogP contribution is 2.26. The first kappa shape index (κ1) is 10.6. The van der Waals surface area contributed by atoms with Crippen LogP contribution in [-0.2, 0) is 0 Å². The van der Waals surface area contributed by atoms with Crippen molar-refractivity contribution in [1.29, 1.82) is 0 Å². The fourth-order valence-corrected chi connectivity index (χ4v) is 1.49. The topological polar surface area (TPSA) is 9.23 Å². The third-order valence-corrected chi connectivity index (χ3v) is 2.33. The molecule has 2 rings (SSSR count). The number of ether oxygens (including phenoxy) is 1. The number of methoxy groups -OCH3 is 1. The van der Waals surface area contributed by atoms with Crippen molar-refractivity contribution in [3.05, 3.63) is 54.1 Å². The smallest absolute Gasteiger partial charge is 0.134 e. The highest BCUT2D eigenvalue weighted by Gasteiger charge is 2.06. The van der Waals surface area contributed by atoms with Crippen LogP contribution in [0.4, 0.5) is 8.78 Å². The van der Waals surface area contributed by atoms with Gasteiger partial charge in [0.05, 0.1) is 7.11 Å². The Morgan fingerprint density at radius 2 is 1.62 bits per heavy atom. The van der Waals surface area contributed by atoms with Crippen LogP contribution in [0.2, 0.25) is 0 Å². The third-order valence-electron chi connectivity index (χ3n) is 2.33. The van der Waals surface area contributed by atoms with Crippen LogP contribution in [-0.4, -0.2) is 7.11 Å². The van der Waals surface area contributed by atoms with Crippen molar-refractivity contribution in [3.8, 4) is 16.9 Å². The van der Waals surface area contributed by atoms with E-state index in [1.807, 2.05) is 0 Å². The summed E-state index contributed by atoms with van der Waals surface area (Å²) in [6.07, 6.45) is 0. The first-order chi connectivity index (χ1) is 7.70. The fourth-order valence-electron chi connectivity index (χ4n) is 1.49. The minimum Gasteiger partial charge on any atom is -0.497 e. The molecule has 0 radical (unpaired) electrons. The molecule has 3 heteroatoms. The molecule has 0 unspecified atom stereocenters. The summed E-state index contributed by atoms with van der Waals surface area (Å²) in [4.78, 5) is 0. The predicted octanol–water partition coefficient (Wildman–Crippen LogP) is 3.64. The highest BCUT2D eigenvalue weighted by molar-refractivity contribution is 5.64. The third kappa shape index (κ3) is 2.03. The molecule has 0 bridgehead atoms. The Balaban J connectivity index is 2.44. The summed E-state index contributed by atoms with van der Waals surface area (Å²) in [6, 6.07) is 10.3. The lowest BCUT2D eigenvalue weighted by Crippen LogP contribution is -1.88. The van der Waals surface area contributed by atoms with Gasteiger partial charge >= 0.3 is 0 Å². The molecular formula is C13H10F2O. The predicted molar refractivity (Wildman–Crippen MR) is 58.3 cm³/mol. The molecule has 82 valence electrons. The maximum Gasteiger partial charge on any atom is 0.134 e. The molecule has 0 saturated carbocycles. The van der Waals surface area contributed by atoms with E-state index in [2.05, 4.69) is 0 Å². The summed E-state index contributed by atoms with van der Waals surface area (Å²) < 4.78 is 31.3. The number of hydrogen-bond acceptors (Lipinski definition) is 1. The Hall–Kier alpha value is -1.90. The zero-order chi connectivity index (χ0) is 11.5.